The summed E-state index contributed by atoms with van der Waals surface area (Å²) < 4.78 is 7.08. The lowest BCUT2D eigenvalue weighted by molar-refractivity contribution is 0.0822. The van der Waals surface area contributed by atoms with Gasteiger partial charge in [-0.15, -0.1) is 0 Å². The fourth-order valence-corrected chi connectivity index (χ4v) is 2.52. The highest BCUT2D eigenvalue weighted by atomic mass is 16.3. The number of imidazole rings is 1. The maximum atomic E-state index is 9.92. The average molecular weight is 355 g/mol. The number of hydrogen-bond donors (Lipinski definition) is 3. The zero-order valence-electron chi connectivity index (χ0n) is 14.5. The van der Waals surface area contributed by atoms with Crippen LogP contribution >= 0.6 is 0 Å². The molecule has 0 bridgehead atoms. The van der Waals surface area contributed by atoms with Crippen LogP contribution in [0.1, 0.15) is 32.0 Å². The SMILES string of the molecule is CCCCC#Cc1nc(N)c2nc(-c3ccco3)n(CC(O)CO)c2n1. The Morgan fingerprint density at radius 3 is 2.88 bits per heavy atom. The minimum absolute atomic E-state index is 0.0855. The molecule has 8 nitrogen and oxygen atoms in total. The quantitative estimate of drug-likeness (QED) is 0.453. The number of aliphatic hydroxyl groups is 2. The molecule has 3 rings (SSSR count). The molecule has 0 aliphatic rings. The zero-order chi connectivity index (χ0) is 18.5. The molecule has 0 radical (unpaired) electrons. The Morgan fingerprint density at radius 1 is 1.35 bits per heavy atom. The highest BCUT2D eigenvalue weighted by molar-refractivity contribution is 5.85. The third-order valence-electron chi connectivity index (χ3n) is 3.82. The van der Waals surface area contributed by atoms with Crippen molar-refractivity contribution in [1.82, 2.24) is 19.5 Å². The Kier molecular flexibility index (Phi) is 5.51. The molecule has 0 aliphatic heterocycles. The standard InChI is InChI=1S/C18H21N5O3/c1-2-3-4-5-8-14-20-16(19)15-18(21-14)23(10-12(25)11-24)17(22-15)13-7-6-9-26-13/h6-7,9,12,24-25H,2-4,10-11H2,1H3,(H2,19,20,21). The first-order chi connectivity index (χ1) is 12.6. The fourth-order valence-electron chi connectivity index (χ4n) is 2.52. The number of nitrogens with two attached hydrogens (primary N) is 1. The molecule has 0 aromatic carbocycles. The van der Waals surface area contributed by atoms with Gasteiger partial charge in [-0.1, -0.05) is 19.3 Å². The van der Waals surface area contributed by atoms with Crippen molar-refractivity contribution in [1.29, 1.82) is 0 Å². The Morgan fingerprint density at radius 2 is 2.19 bits per heavy atom. The molecule has 136 valence electrons. The van der Waals surface area contributed by atoms with Gasteiger partial charge in [0.1, 0.15) is 0 Å². The minimum atomic E-state index is -0.976. The Bertz CT molecular complexity index is 937. The van der Waals surface area contributed by atoms with Crippen LogP contribution in [0.4, 0.5) is 5.82 Å². The molecule has 0 saturated carbocycles. The Balaban J connectivity index is 2.11. The molecule has 26 heavy (non-hydrogen) atoms. The molecule has 1 atom stereocenters. The topological polar surface area (TPSA) is 123 Å². The van der Waals surface area contributed by atoms with Crippen LogP contribution in [0, 0.1) is 11.8 Å². The number of nitrogen functional groups attached to an aromatic ring is 1. The molecule has 3 aromatic rings. The number of aliphatic hydroxyl groups excluding tert-OH is 2. The van der Waals surface area contributed by atoms with Gasteiger partial charge in [0, 0.05) is 6.42 Å². The molecule has 8 heteroatoms. The average Bonchev–Trinajstić information content (AvgIpc) is 3.27. The minimum Gasteiger partial charge on any atom is -0.461 e. The number of anilines is 1. The van der Waals surface area contributed by atoms with E-state index in [0.29, 0.717) is 28.6 Å². The van der Waals surface area contributed by atoms with Gasteiger partial charge in [0.15, 0.2) is 28.6 Å². The van der Waals surface area contributed by atoms with Crippen molar-refractivity contribution in [2.24, 2.45) is 0 Å². The number of unbranched alkanes of at least 4 members (excludes halogenated alkanes) is 2. The Hall–Kier alpha value is -2.89. The predicted molar refractivity (Wildman–Crippen MR) is 96.9 cm³/mol. The van der Waals surface area contributed by atoms with Gasteiger partial charge in [-0.25, -0.2) is 15.0 Å². The van der Waals surface area contributed by atoms with Crippen molar-refractivity contribution in [3.05, 3.63) is 24.2 Å². The third-order valence-corrected chi connectivity index (χ3v) is 3.82. The summed E-state index contributed by atoms with van der Waals surface area (Å²) in [7, 11) is 0. The second-order valence-electron chi connectivity index (χ2n) is 5.87. The fraction of sp³-hybridized carbons (Fsp3) is 0.389. The number of nitrogens with zero attached hydrogens (tertiary/aromatic N) is 4. The summed E-state index contributed by atoms with van der Waals surface area (Å²) in [4.78, 5) is 13.1. The number of fused-ring (bicyclic) bond motifs is 1. The number of furan rings is 1. The van der Waals surface area contributed by atoms with Gasteiger partial charge >= 0.3 is 0 Å². The van der Waals surface area contributed by atoms with Crippen LogP contribution in [0.15, 0.2) is 22.8 Å². The maximum absolute atomic E-state index is 9.92. The highest BCUT2D eigenvalue weighted by Gasteiger charge is 2.20. The van der Waals surface area contributed by atoms with E-state index < -0.39 is 6.10 Å². The molecule has 0 saturated heterocycles. The summed E-state index contributed by atoms with van der Waals surface area (Å²) >= 11 is 0. The van der Waals surface area contributed by atoms with Gasteiger partial charge in [0.2, 0.25) is 5.82 Å². The van der Waals surface area contributed by atoms with Crippen LogP contribution in [0.2, 0.25) is 0 Å². The first kappa shape index (κ1) is 17.9. The largest absolute Gasteiger partial charge is 0.461 e. The van der Waals surface area contributed by atoms with Gasteiger partial charge in [-0.2, -0.15) is 0 Å². The van der Waals surface area contributed by atoms with Gasteiger partial charge in [0.25, 0.3) is 0 Å². The third kappa shape index (κ3) is 3.69. The van der Waals surface area contributed by atoms with Crippen LogP contribution in [-0.2, 0) is 6.54 Å². The van der Waals surface area contributed by atoms with E-state index in [2.05, 4.69) is 33.7 Å². The summed E-state index contributed by atoms with van der Waals surface area (Å²) in [5.41, 5.74) is 6.89. The predicted octanol–water partition coefficient (Wildman–Crippen LogP) is 1.56. The summed E-state index contributed by atoms with van der Waals surface area (Å²) in [6.45, 7) is 1.80. The van der Waals surface area contributed by atoms with Crippen LogP contribution < -0.4 is 5.73 Å². The van der Waals surface area contributed by atoms with Crippen molar-refractivity contribution in [2.75, 3.05) is 12.3 Å². The van der Waals surface area contributed by atoms with E-state index in [1.165, 1.54) is 6.26 Å². The smallest absolute Gasteiger partial charge is 0.208 e. The Labute approximate surface area is 150 Å². The van der Waals surface area contributed by atoms with E-state index in [-0.39, 0.29) is 19.0 Å². The summed E-state index contributed by atoms with van der Waals surface area (Å²) in [6.07, 6.45) is 3.39. The lowest BCUT2D eigenvalue weighted by Crippen LogP contribution is -2.20. The molecular formula is C18H21N5O3. The van der Waals surface area contributed by atoms with Gasteiger partial charge < -0.3 is 24.9 Å². The van der Waals surface area contributed by atoms with E-state index in [0.717, 1.165) is 19.3 Å². The molecule has 0 amide bonds. The van der Waals surface area contributed by atoms with E-state index in [1.54, 1.807) is 16.7 Å². The van der Waals surface area contributed by atoms with Crippen molar-refractivity contribution in [3.8, 4) is 23.4 Å². The van der Waals surface area contributed by atoms with Crippen LogP contribution in [0.25, 0.3) is 22.7 Å². The molecule has 3 aromatic heterocycles. The molecule has 1 unspecified atom stereocenters. The van der Waals surface area contributed by atoms with Gasteiger partial charge in [-0.3, -0.25) is 0 Å². The van der Waals surface area contributed by atoms with Gasteiger partial charge in [0.05, 0.1) is 25.5 Å². The van der Waals surface area contributed by atoms with Crippen LogP contribution in [0.5, 0.6) is 0 Å². The molecule has 0 fully saturated rings. The van der Waals surface area contributed by atoms with Crippen molar-refractivity contribution in [2.45, 2.75) is 38.8 Å². The molecule has 0 spiro atoms. The monoisotopic (exact) mass is 355 g/mol. The summed E-state index contributed by atoms with van der Waals surface area (Å²) in [5.74, 6) is 7.42. The van der Waals surface area contributed by atoms with E-state index in [9.17, 15) is 10.2 Å². The van der Waals surface area contributed by atoms with Crippen molar-refractivity contribution < 1.29 is 14.6 Å². The van der Waals surface area contributed by atoms with E-state index >= 15 is 0 Å². The van der Waals surface area contributed by atoms with Crippen molar-refractivity contribution in [3.63, 3.8) is 0 Å². The molecule has 0 aliphatic carbocycles. The molecule has 4 N–H and O–H groups in total. The summed E-state index contributed by atoms with van der Waals surface area (Å²) in [6, 6.07) is 3.49. The highest BCUT2D eigenvalue weighted by Crippen LogP contribution is 2.27. The number of rotatable bonds is 6. The first-order valence-corrected chi connectivity index (χ1v) is 8.49. The van der Waals surface area contributed by atoms with Crippen molar-refractivity contribution >= 4 is 17.0 Å². The molecular weight excluding hydrogens is 334 g/mol. The first-order valence-electron chi connectivity index (χ1n) is 8.49. The normalized spacial score (nSPS) is 12.1. The lowest BCUT2D eigenvalue weighted by atomic mass is 10.2. The van der Waals surface area contributed by atoms with E-state index in [1.807, 2.05) is 0 Å². The second-order valence-corrected chi connectivity index (χ2v) is 5.87. The number of aromatic nitrogens is 4. The van der Waals surface area contributed by atoms with Crippen LogP contribution in [-0.4, -0.2) is 42.4 Å². The summed E-state index contributed by atoms with van der Waals surface area (Å²) in [5, 5.41) is 19.1. The van der Waals surface area contributed by atoms with Crippen LogP contribution in [0.3, 0.4) is 0 Å². The lowest BCUT2D eigenvalue weighted by Gasteiger charge is -2.11. The molecule has 3 heterocycles. The van der Waals surface area contributed by atoms with E-state index in [4.69, 9.17) is 10.2 Å². The van der Waals surface area contributed by atoms with Gasteiger partial charge in [-0.05, 0) is 24.5 Å². The second kappa shape index (κ2) is 7.99. The number of hydrogen-bond acceptors (Lipinski definition) is 7. The maximum Gasteiger partial charge on any atom is 0.208 e. The zero-order valence-corrected chi connectivity index (χ0v) is 14.5.